The van der Waals surface area contributed by atoms with Crippen LogP contribution in [0, 0.1) is 0 Å². The van der Waals surface area contributed by atoms with Crippen LogP contribution in [0.5, 0.6) is 0 Å². The predicted molar refractivity (Wildman–Crippen MR) is 72.2 cm³/mol. The van der Waals surface area contributed by atoms with Gasteiger partial charge in [-0.2, -0.15) is 0 Å². The fourth-order valence-corrected chi connectivity index (χ4v) is 3.14. The highest BCUT2D eigenvalue weighted by molar-refractivity contribution is 7.99. The van der Waals surface area contributed by atoms with Gasteiger partial charge in [0, 0.05) is 14.8 Å². The minimum Gasteiger partial charge on any atom is -0.464 e. The number of nitrogens with zero attached hydrogens (tertiary/aromatic N) is 1. The molecule has 0 atom stereocenters. The Hall–Kier alpha value is -1.65. The topological polar surface area (TPSA) is 40.5 Å². The van der Waals surface area contributed by atoms with Gasteiger partial charge < -0.3 is 5.11 Å². The Bertz CT molecular complexity index is 645. The van der Waals surface area contributed by atoms with Crippen molar-refractivity contribution in [3.05, 3.63) is 47.5 Å². The van der Waals surface area contributed by atoms with Crippen LogP contribution in [0.15, 0.2) is 52.3 Å². The molecular weight excluding hydrogens is 270 g/mol. The molecule has 0 bridgehead atoms. The van der Waals surface area contributed by atoms with Crippen LogP contribution in [0.25, 0.3) is 0 Å². The van der Waals surface area contributed by atoms with E-state index >= 15 is 0 Å². The van der Waals surface area contributed by atoms with E-state index in [0.717, 1.165) is 9.79 Å². The average molecular weight is 278 g/mol. The van der Waals surface area contributed by atoms with E-state index in [4.69, 9.17) is 11.6 Å². The van der Waals surface area contributed by atoms with Gasteiger partial charge in [0.15, 0.2) is 0 Å². The molecule has 1 aliphatic heterocycles. The summed E-state index contributed by atoms with van der Waals surface area (Å²) in [4.78, 5) is 14.6. The molecule has 0 aromatic heterocycles. The van der Waals surface area contributed by atoms with Crippen LogP contribution in [0.4, 0.5) is 16.2 Å². The molecule has 2 aromatic carbocycles. The number of fused-ring (bicyclic) bond motifs is 2. The van der Waals surface area contributed by atoms with Crippen LogP contribution >= 0.6 is 23.4 Å². The SMILES string of the molecule is O=C(O)N1c2ccccc2Sc2ccc(Cl)cc21. The van der Waals surface area contributed by atoms with E-state index in [9.17, 15) is 9.90 Å². The van der Waals surface area contributed by atoms with Crippen molar-refractivity contribution in [2.24, 2.45) is 0 Å². The molecule has 0 spiro atoms. The van der Waals surface area contributed by atoms with E-state index < -0.39 is 6.09 Å². The molecule has 0 saturated carbocycles. The molecule has 1 N–H and O–H groups in total. The fraction of sp³-hybridized carbons (Fsp3) is 0. The molecule has 0 saturated heterocycles. The van der Waals surface area contributed by atoms with Crippen LogP contribution in [0.3, 0.4) is 0 Å². The zero-order valence-corrected chi connectivity index (χ0v) is 10.7. The van der Waals surface area contributed by atoms with Gasteiger partial charge in [-0.25, -0.2) is 9.69 Å². The van der Waals surface area contributed by atoms with Crippen LogP contribution in [0.2, 0.25) is 5.02 Å². The van der Waals surface area contributed by atoms with E-state index in [1.807, 2.05) is 24.3 Å². The maximum Gasteiger partial charge on any atom is 0.416 e. The first-order valence-electron chi connectivity index (χ1n) is 5.26. The molecule has 90 valence electrons. The van der Waals surface area contributed by atoms with Crippen molar-refractivity contribution in [2.75, 3.05) is 4.90 Å². The molecule has 18 heavy (non-hydrogen) atoms. The summed E-state index contributed by atoms with van der Waals surface area (Å²) in [6.45, 7) is 0. The summed E-state index contributed by atoms with van der Waals surface area (Å²) < 4.78 is 0. The fourth-order valence-electron chi connectivity index (χ4n) is 1.93. The van der Waals surface area contributed by atoms with Crippen LogP contribution < -0.4 is 4.90 Å². The van der Waals surface area contributed by atoms with E-state index in [-0.39, 0.29) is 0 Å². The quantitative estimate of drug-likeness (QED) is 0.764. The largest absolute Gasteiger partial charge is 0.464 e. The number of hydrogen-bond acceptors (Lipinski definition) is 2. The van der Waals surface area contributed by atoms with Crippen molar-refractivity contribution in [2.45, 2.75) is 9.79 Å². The Kier molecular flexibility index (Phi) is 2.69. The monoisotopic (exact) mass is 277 g/mol. The molecule has 2 aromatic rings. The Morgan fingerprint density at radius 3 is 2.61 bits per heavy atom. The molecular formula is C13H8ClNO2S. The van der Waals surface area contributed by atoms with Crippen molar-refractivity contribution in [1.82, 2.24) is 0 Å². The van der Waals surface area contributed by atoms with Gasteiger partial charge in [-0.15, -0.1) is 0 Å². The van der Waals surface area contributed by atoms with E-state index in [1.165, 1.54) is 4.90 Å². The lowest BCUT2D eigenvalue weighted by Gasteiger charge is -2.28. The average Bonchev–Trinajstić information content (AvgIpc) is 2.35. The van der Waals surface area contributed by atoms with Crippen molar-refractivity contribution < 1.29 is 9.90 Å². The highest BCUT2D eigenvalue weighted by Crippen LogP contribution is 2.48. The van der Waals surface area contributed by atoms with Gasteiger partial charge in [0.2, 0.25) is 0 Å². The number of benzene rings is 2. The molecule has 0 unspecified atom stereocenters. The molecule has 0 fully saturated rings. The van der Waals surface area contributed by atoms with Gasteiger partial charge >= 0.3 is 6.09 Å². The zero-order valence-electron chi connectivity index (χ0n) is 9.13. The number of halogens is 1. The maximum absolute atomic E-state index is 11.5. The summed E-state index contributed by atoms with van der Waals surface area (Å²) in [7, 11) is 0. The van der Waals surface area contributed by atoms with Crippen LogP contribution in [-0.4, -0.2) is 11.2 Å². The molecule has 0 radical (unpaired) electrons. The molecule has 0 aliphatic carbocycles. The van der Waals surface area contributed by atoms with Crippen molar-refractivity contribution in [3.63, 3.8) is 0 Å². The third-order valence-corrected chi connectivity index (χ3v) is 4.04. The highest BCUT2D eigenvalue weighted by Gasteiger charge is 2.27. The third kappa shape index (κ3) is 1.74. The second-order valence-corrected chi connectivity index (χ2v) is 5.32. The van der Waals surface area contributed by atoms with E-state index in [0.29, 0.717) is 16.4 Å². The zero-order chi connectivity index (χ0) is 12.7. The summed E-state index contributed by atoms with van der Waals surface area (Å²) in [5.74, 6) is 0. The van der Waals surface area contributed by atoms with Crippen molar-refractivity contribution in [3.8, 4) is 0 Å². The number of anilines is 2. The number of carbonyl (C=O) groups is 1. The Morgan fingerprint density at radius 2 is 1.83 bits per heavy atom. The molecule has 5 heteroatoms. The lowest BCUT2D eigenvalue weighted by atomic mass is 10.2. The van der Waals surface area contributed by atoms with Crippen molar-refractivity contribution in [1.29, 1.82) is 0 Å². The van der Waals surface area contributed by atoms with Gasteiger partial charge in [-0.3, -0.25) is 0 Å². The summed E-state index contributed by atoms with van der Waals surface area (Å²) >= 11 is 7.49. The molecule has 3 rings (SSSR count). The maximum atomic E-state index is 11.5. The number of para-hydroxylation sites is 1. The Labute approximate surface area is 113 Å². The van der Waals surface area contributed by atoms with Crippen molar-refractivity contribution >= 4 is 40.8 Å². The van der Waals surface area contributed by atoms with Gasteiger partial charge in [0.1, 0.15) is 0 Å². The highest BCUT2D eigenvalue weighted by atomic mass is 35.5. The van der Waals surface area contributed by atoms with Gasteiger partial charge in [0.25, 0.3) is 0 Å². The summed E-state index contributed by atoms with van der Waals surface area (Å²) in [6, 6.07) is 12.7. The summed E-state index contributed by atoms with van der Waals surface area (Å²) in [6.07, 6.45) is -1.01. The lowest BCUT2D eigenvalue weighted by molar-refractivity contribution is 0.204. The second kappa shape index (κ2) is 4.23. The molecule has 1 aliphatic rings. The summed E-state index contributed by atoms with van der Waals surface area (Å²) in [5.41, 5.74) is 1.28. The minimum absolute atomic E-state index is 0.528. The third-order valence-electron chi connectivity index (χ3n) is 2.68. The number of rotatable bonds is 0. The second-order valence-electron chi connectivity index (χ2n) is 3.80. The smallest absolute Gasteiger partial charge is 0.416 e. The standard InChI is InChI=1S/C13H8ClNO2S/c14-8-5-6-12-10(7-8)15(13(16)17)9-3-1-2-4-11(9)18-12/h1-7H,(H,16,17). The molecule has 3 nitrogen and oxygen atoms in total. The number of carboxylic acid groups (broad SMARTS) is 1. The van der Waals surface area contributed by atoms with Gasteiger partial charge in [-0.05, 0) is 30.3 Å². The van der Waals surface area contributed by atoms with Gasteiger partial charge in [0.05, 0.1) is 11.4 Å². The number of amides is 1. The lowest BCUT2D eigenvalue weighted by Crippen LogP contribution is -2.26. The predicted octanol–water partition coefficient (Wildman–Crippen LogP) is 4.62. The van der Waals surface area contributed by atoms with E-state index in [2.05, 4.69) is 0 Å². The minimum atomic E-state index is -1.01. The Morgan fingerprint density at radius 1 is 1.11 bits per heavy atom. The number of hydrogen-bond donors (Lipinski definition) is 1. The first kappa shape index (κ1) is 11.4. The van der Waals surface area contributed by atoms with Crippen LogP contribution in [-0.2, 0) is 0 Å². The molecule has 1 amide bonds. The Balaban J connectivity index is 2.24. The first-order chi connectivity index (χ1) is 8.66. The first-order valence-corrected chi connectivity index (χ1v) is 6.46. The summed E-state index contributed by atoms with van der Waals surface area (Å²) in [5, 5.41) is 9.92. The van der Waals surface area contributed by atoms with Gasteiger partial charge in [-0.1, -0.05) is 35.5 Å². The van der Waals surface area contributed by atoms with Crippen LogP contribution in [0.1, 0.15) is 0 Å². The molecule has 1 heterocycles. The van der Waals surface area contributed by atoms with E-state index in [1.54, 1.807) is 30.0 Å². The normalized spacial score (nSPS) is 12.8.